The molecule has 0 amide bonds. The van der Waals surface area contributed by atoms with Crippen molar-refractivity contribution >= 4 is 0 Å². The van der Waals surface area contributed by atoms with Gasteiger partial charge in [0.15, 0.2) is 0 Å². The molecule has 0 spiro atoms. The van der Waals surface area contributed by atoms with Crippen LogP contribution < -0.4 is 18.9 Å². The molecule has 0 saturated carbocycles. The summed E-state index contributed by atoms with van der Waals surface area (Å²) < 4.78 is 8.34. The van der Waals surface area contributed by atoms with E-state index in [0.717, 1.165) is 0 Å². The second-order valence-electron chi connectivity index (χ2n) is 0. The average molecular weight is 174 g/mol. The second-order valence-corrected chi connectivity index (χ2v) is 0. The fraction of sp³-hybridized carbons (Fsp3) is 0. The van der Waals surface area contributed by atoms with Crippen molar-refractivity contribution in [3.8, 4) is 0 Å². The van der Waals surface area contributed by atoms with Crippen LogP contribution in [0.2, 0.25) is 0 Å². The summed E-state index contributed by atoms with van der Waals surface area (Å²) in [5.74, 6) is 0. The Labute approximate surface area is 64.1 Å². The van der Waals surface area contributed by atoms with Crippen LogP contribution in [0.15, 0.2) is 0 Å². The van der Waals surface area contributed by atoms with Gasteiger partial charge in [0, 0.05) is 16.8 Å². The standard InChI is InChI=1S/Co.Li.O.Zr.H/q;+1;;;-1. The van der Waals surface area contributed by atoms with Crippen LogP contribution in [0.1, 0.15) is 1.43 Å². The Kier molecular flexibility index (Phi) is 91.8. The molecule has 1 nitrogen and oxygen atoms in total. The van der Waals surface area contributed by atoms with Crippen LogP contribution in [0.5, 0.6) is 0 Å². The van der Waals surface area contributed by atoms with E-state index in [9.17, 15) is 0 Å². The van der Waals surface area contributed by atoms with E-state index in [0.29, 0.717) is 24.7 Å². The van der Waals surface area contributed by atoms with E-state index in [1.807, 2.05) is 0 Å². The summed E-state index contributed by atoms with van der Waals surface area (Å²) in [4.78, 5) is 0. The molecule has 0 fully saturated rings. The van der Waals surface area contributed by atoms with Gasteiger partial charge in [0.05, 0.1) is 0 Å². The predicted octanol–water partition coefficient (Wildman–Crippen LogP) is -3.01. The van der Waals surface area contributed by atoms with Gasteiger partial charge in [-0.1, -0.05) is 0 Å². The van der Waals surface area contributed by atoms with Gasteiger partial charge in [-0.2, -0.15) is 0 Å². The molecule has 0 saturated heterocycles. The van der Waals surface area contributed by atoms with Crippen molar-refractivity contribution in [2.45, 2.75) is 0 Å². The summed E-state index contributed by atoms with van der Waals surface area (Å²) >= 11 is 0.300. The molecule has 0 aromatic heterocycles. The van der Waals surface area contributed by atoms with Crippen LogP contribution in [0.3, 0.4) is 0 Å². The maximum atomic E-state index is 8.34. The van der Waals surface area contributed by atoms with Gasteiger partial charge in [0.25, 0.3) is 0 Å². The summed E-state index contributed by atoms with van der Waals surface area (Å²) in [5.41, 5.74) is 0. The van der Waals surface area contributed by atoms with Gasteiger partial charge < -0.3 is 1.43 Å². The zero-order valence-electron chi connectivity index (χ0n) is 3.24. The van der Waals surface area contributed by atoms with E-state index < -0.39 is 0 Å². The molecule has 0 heterocycles. The Morgan fingerprint density at radius 3 is 1.50 bits per heavy atom. The van der Waals surface area contributed by atoms with Crippen molar-refractivity contribution in [1.82, 2.24) is 0 Å². The third-order valence-electron chi connectivity index (χ3n) is 0. The van der Waals surface area contributed by atoms with Gasteiger partial charge in [0.2, 0.25) is 0 Å². The van der Waals surface area contributed by atoms with Gasteiger partial charge in [0.1, 0.15) is 0 Å². The van der Waals surface area contributed by atoms with Crippen LogP contribution in [0, 0.1) is 0 Å². The SMILES string of the molecule is [Co].[H-].[Li+].[O]=[Zr]. The summed E-state index contributed by atoms with van der Waals surface area (Å²) in [5, 5.41) is 0. The van der Waals surface area contributed by atoms with Crippen LogP contribution in [-0.4, -0.2) is 0 Å². The molecule has 0 bridgehead atoms. The minimum absolute atomic E-state index is 0. The molecular formula is HCoLiOZr. The molecule has 21 valence electrons. The average Bonchev–Trinajstić information content (AvgIpc) is 1.00. The number of hydrogen-bond acceptors (Lipinski definition) is 1. The first-order chi connectivity index (χ1) is 1.00. The first kappa shape index (κ1) is 17.1. The molecule has 0 rings (SSSR count). The van der Waals surface area contributed by atoms with E-state index in [1.165, 1.54) is 0 Å². The topological polar surface area (TPSA) is 17.1 Å². The zero-order chi connectivity index (χ0) is 2.00. The zero-order valence-corrected chi connectivity index (χ0v) is 5.74. The summed E-state index contributed by atoms with van der Waals surface area (Å²) in [6.45, 7) is 0. The van der Waals surface area contributed by atoms with Crippen LogP contribution in [0.4, 0.5) is 0 Å². The fourth-order valence-corrected chi connectivity index (χ4v) is 0. The summed E-state index contributed by atoms with van der Waals surface area (Å²) in [6.07, 6.45) is 0. The van der Waals surface area contributed by atoms with E-state index >= 15 is 0 Å². The predicted molar refractivity (Wildman–Crippen MR) is 1.80 cm³/mol. The van der Waals surface area contributed by atoms with Gasteiger partial charge in [-0.15, -0.1) is 0 Å². The molecule has 4 heteroatoms. The second kappa shape index (κ2) is 21.5. The Hall–Kier alpha value is 1.79. The van der Waals surface area contributed by atoms with Gasteiger partial charge in [-0.3, -0.25) is 0 Å². The Morgan fingerprint density at radius 1 is 1.50 bits per heavy atom. The van der Waals surface area contributed by atoms with Crippen LogP contribution in [-0.2, 0) is 44.3 Å². The van der Waals surface area contributed by atoms with E-state index in [-0.39, 0.29) is 37.1 Å². The molecule has 0 aliphatic rings. The van der Waals surface area contributed by atoms with Crippen molar-refractivity contribution in [2.24, 2.45) is 0 Å². The molecule has 0 unspecified atom stereocenters. The Balaban J connectivity index is -0.00000000167. The van der Waals surface area contributed by atoms with Crippen molar-refractivity contribution in [3.05, 3.63) is 0 Å². The van der Waals surface area contributed by atoms with Crippen molar-refractivity contribution < 1.29 is 64.6 Å². The van der Waals surface area contributed by atoms with E-state index in [2.05, 4.69) is 0 Å². The normalized spacial score (nSPS) is 0.750. The monoisotopic (exact) mass is 173 g/mol. The fourth-order valence-electron chi connectivity index (χ4n) is 0. The van der Waals surface area contributed by atoms with E-state index in [1.54, 1.807) is 0 Å². The minimum atomic E-state index is 0. The molecule has 4 heavy (non-hydrogen) atoms. The molecular weight excluding hydrogens is 173 g/mol. The van der Waals surface area contributed by atoms with Crippen LogP contribution >= 0.6 is 0 Å². The van der Waals surface area contributed by atoms with Gasteiger partial charge in [-0.25, -0.2) is 0 Å². The molecule has 1 radical (unpaired) electrons. The van der Waals surface area contributed by atoms with Crippen molar-refractivity contribution in [3.63, 3.8) is 0 Å². The Bertz CT molecular complexity index is 11.6. The molecule has 0 atom stereocenters. The number of hydrogen-bond donors (Lipinski definition) is 0. The molecule has 0 N–H and O–H groups in total. The van der Waals surface area contributed by atoms with Gasteiger partial charge in [-0.05, 0) is 0 Å². The molecule has 0 aliphatic heterocycles. The van der Waals surface area contributed by atoms with Gasteiger partial charge >= 0.3 is 46.4 Å². The molecule has 0 aromatic rings. The first-order valence-corrected chi connectivity index (χ1v) is 1.21. The van der Waals surface area contributed by atoms with E-state index in [4.69, 9.17) is 2.81 Å². The van der Waals surface area contributed by atoms with Crippen molar-refractivity contribution in [1.29, 1.82) is 0 Å². The molecule has 0 aromatic carbocycles. The molecule has 0 aliphatic carbocycles. The third kappa shape index (κ3) is 9.21. The first-order valence-electron chi connectivity index (χ1n) is 0.204. The van der Waals surface area contributed by atoms with Crippen LogP contribution in [0.25, 0.3) is 0 Å². The summed E-state index contributed by atoms with van der Waals surface area (Å²) in [6, 6.07) is 0. The van der Waals surface area contributed by atoms with Crippen molar-refractivity contribution in [2.75, 3.05) is 0 Å². The number of rotatable bonds is 0. The third-order valence-corrected chi connectivity index (χ3v) is 0. The quantitative estimate of drug-likeness (QED) is 0.357. The maximum absolute atomic E-state index is 8.34. The summed E-state index contributed by atoms with van der Waals surface area (Å²) in [7, 11) is 0. The Morgan fingerprint density at radius 2 is 1.50 bits per heavy atom.